The van der Waals surface area contributed by atoms with Crippen LogP contribution >= 0.6 is 11.6 Å². The molecule has 0 heterocycles. The number of carbonyl (C=O) groups is 1. The number of carbonyl (C=O) groups excluding carboxylic acids is 1. The van der Waals surface area contributed by atoms with Crippen LogP contribution in [0, 0.1) is 5.82 Å². The molecular formula is C14H11ClF3NO. The number of nitrogens with two attached hydrogens (primary N) is 1. The van der Waals surface area contributed by atoms with Crippen LogP contribution in [0.1, 0.15) is 18.9 Å². The minimum absolute atomic E-state index is 0.00361. The van der Waals surface area contributed by atoms with Crippen molar-refractivity contribution >= 4 is 23.1 Å². The number of alkyl halides is 2. The number of halogens is 4. The van der Waals surface area contributed by atoms with Gasteiger partial charge in [-0.2, -0.15) is 0 Å². The van der Waals surface area contributed by atoms with Gasteiger partial charge in [-0.05, 0) is 41.8 Å². The van der Waals surface area contributed by atoms with E-state index in [-0.39, 0.29) is 27.3 Å². The zero-order valence-electron chi connectivity index (χ0n) is 10.5. The summed E-state index contributed by atoms with van der Waals surface area (Å²) in [6.45, 7) is 1.23. The molecule has 0 fully saturated rings. The van der Waals surface area contributed by atoms with Crippen LogP contribution < -0.4 is 5.73 Å². The van der Waals surface area contributed by atoms with E-state index in [1.54, 1.807) is 0 Å². The maximum absolute atomic E-state index is 13.8. The summed E-state index contributed by atoms with van der Waals surface area (Å²) in [7, 11) is 0. The van der Waals surface area contributed by atoms with Crippen LogP contribution in [0.2, 0.25) is 5.02 Å². The third kappa shape index (κ3) is 2.58. The molecule has 0 unspecified atom stereocenters. The monoisotopic (exact) mass is 301 g/mol. The third-order valence-corrected chi connectivity index (χ3v) is 3.48. The molecule has 1 aliphatic carbocycles. The molecule has 2 nitrogen and oxygen atoms in total. The Morgan fingerprint density at radius 3 is 2.60 bits per heavy atom. The zero-order chi connectivity index (χ0) is 15.1. The van der Waals surface area contributed by atoms with Crippen molar-refractivity contribution < 1.29 is 18.0 Å². The van der Waals surface area contributed by atoms with Gasteiger partial charge >= 0.3 is 0 Å². The minimum Gasteiger partial charge on any atom is -0.366 e. The quantitative estimate of drug-likeness (QED) is 0.889. The molecular weight excluding hydrogens is 291 g/mol. The van der Waals surface area contributed by atoms with Crippen molar-refractivity contribution in [1.29, 1.82) is 0 Å². The molecule has 0 saturated carbocycles. The predicted molar refractivity (Wildman–Crippen MR) is 70.8 cm³/mol. The van der Waals surface area contributed by atoms with Crippen LogP contribution in [0.4, 0.5) is 13.2 Å². The first-order valence-corrected chi connectivity index (χ1v) is 6.15. The molecule has 0 bridgehead atoms. The fourth-order valence-corrected chi connectivity index (χ4v) is 2.21. The number of hydrogen-bond donors (Lipinski definition) is 1. The van der Waals surface area contributed by atoms with Crippen LogP contribution in [0.15, 0.2) is 35.4 Å². The van der Waals surface area contributed by atoms with Crippen LogP contribution in [-0.2, 0) is 4.79 Å². The number of allylic oxidation sites excluding steroid dienone is 2. The molecule has 0 saturated heterocycles. The summed E-state index contributed by atoms with van der Waals surface area (Å²) < 4.78 is 40.7. The van der Waals surface area contributed by atoms with Crippen molar-refractivity contribution in [2.24, 2.45) is 5.73 Å². The van der Waals surface area contributed by atoms with Crippen LogP contribution in [0.25, 0.3) is 5.57 Å². The van der Waals surface area contributed by atoms with Gasteiger partial charge < -0.3 is 5.73 Å². The SMILES string of the molecule is CC1=CC(C(N)=O)=C(c2ccc(F)c(Cl)c2)CC1(F)F. The van der Waals surface area contributed by atoms with E-state index in [4.69, 9.17) is 17.3 Å². The summed E-state index contributed by atoms with van der Waals surface area (Å²) in [5, 5.41) is -0.201. The summed E-state index contributed by atoms with van der Waals surface area (Å²) in [5.41, 5.74) is 5.31. The Kier molecular flexibility index (Phi) is 3.65. The average molecular weight is 302 g/mol. The Morgan fingerprint density at radius 1 is 1.40 bits per heavy atom. The molecule has 1 amide bonds. The Balaban J connectivity index is 2.63. The van der Waals surface area contributed by atoms with Gasteiger partial charge in [0.2, 0.25) is 5.91 Å². The van der Waals surface area contributed by atoms with Crippen molar-refractivity contribution in [3.63, 3.8) is 0 Å². The van der Waals surface area contributed by atoms with E-state index in [0.29, 0.717) is 0 Å². The van der Waals surface area contributed by atoms with Crippen molar-refractivity contribution in [2.75, 3.05) is 0 Å². The van der Waals surface area contributed by atoms with Crippen molar-refractivity contribution in [1.82, 2.24) is 0 Å². The molecule has 1 aromatic rings. The third-order valence-electron chi connectivity index (χ3n) is 3.20. The predicted octanol–water partition coefficient (Wildman–Crippen LogP) is 3.70. The van der Waals surface area contributed by atoms with Gasteiger partial charge in [0.1, 0.15) is 5.82 Å². The first-order valence-electron chi connectivity index (χ1n) is 5.77. The standard InChI is InChI=1S/C14H11ClF3NO/c1-7-4-9(13(19)20)10(6-14(7,17)18)8-2-3-12(16)11(15)5-8/h2-5H,6H2,1H3,(H2,19,20). The highest BCUT2D eigenvalue weighted by Crippen LogP contribution is 2.41. The second-order valence-corrected chi connectivity index (χ2v) is 5.00. The Labute approximate surface area is 118 Å². The smallest absolute Gasteiger partial charge is 0.273 e. The van der Waals surface area contributed by atoms with E-state index in [1.807, 2.05) is 0 Å². The summed E-state index contributed by atoms with van der Waals surface area (Å²) in [6.07, 6.45) is 0.397. The van der Waals surface area contributed by atoms with Gasteiger partial charge in [-0.15, -0.1) is 0 Å². The molecule has 0 radical (unpaired) electrons. The van der Waals surface area contributed by atoms with E-state index >= 15 is 0 Å². The van der Waals surface area contributed by atoms with Gasteiger partial charge in [0.15, 0.2) is 0 Å². The van der Waals surface area contributed by atoms with Gasteiger partial charge in [-0.1, -0.05) is 17.7 Å². The Bertz CT molecular complexity index is 650. The van der Waals surface area contributed by atoms with Crippen LogP contribution in [-0.4, -0.2) is 11.8 Å². The van der Waals surface area contributed by atoms with Crippen LogP contribution in [0.3, 0.4) is 0 Å². The van der Waals surface area contributed by atoms with E-state index in [9.17, 15) is 18.0 Å². The summed E-state index contributed by atoms with van der Waals surface area (Å²) >= 11 is 5.64. The lowest BCUT2D eigenvalue weighted by molar-refractivity contribution is -0.114. The fourth-order valence-electron chi connectivity index (χ4n) is 2.03. The van der Waals surface area contributed by atoms with Crippen molar-refractivity contribution in [2.45, 2.75) is 19.3 Å². The second-order valence-electron chi connectivity index (χ2n) is 4.59. The van der Waals surface area contributed by atoms with Gasteiger partial charge in [0.05, 0.1) is 5.02 Å². The summed E-state index contributed by atoms with van der Waals surface area (Å²) in [4.78, 5) is 11.4. The lowest BCUT2D eigenvalue weighted by Crippen LogP contribution is -2.26. The van der Waals surface area contributed by atoms with E-state index in [2.05, 4.69) is 0 Å². The number of primary amides is 1. The largest absolute Gasteiger partial charge is 0.366 e. The number of benzene rings is 1. The van der Waals surface area contributed by atoms with Gasteiger partial charge in [-0.25, -0.2) is 13.2 Å². The molecule has 2 N–H and O–H groups in total. The molecule has 6 heteroatoms. The molecule has 0 atom stereocenters. The fraction of sp³-hybridized carbons (Fsp3) is 0.214. The number of amides is 1. The minimum atomic E-state index is -3.07. The van der Waals surface area contributed by atoms with E-state index < -0.39 is 24.1 Å². The molecule has 1 aliphatic rings. The molecule has 1 aromatic carbocycles. The average Bonchev–Trinajstić information content (AvgIpc) is 2.35. The second kappa shape index (κ2) is 4.98. The number of rotatable bonds is 2. The highest BCUT2D eigenvalue weighted by Gasteiger charge is 2.38. The van der Waals surface area contributed by atoms with Crippen molar-refractivity contribution in [3.05, 3.63) is 51.8 Å². The van der Waals surface area contributed by atoms with Crippen LogP contribution in [0.5, 0.6) is 0 Å². The molecule has 0 aromatic heterocycles. The maximum atomic E-state index is 13.8. The zero-order valence-corrected chi connectivity index (χ0v) is 11.3. The number of hydrogen-bond acceptors (Lipinski definition) is 1. The first-order chi connectivity index (χ1) is 9.22. The highest BCUT2D eigenvalue weighted by atomic mass is 35.5. The first kappa shape index (κ1) is 14.7. The Morgan fingerprint density at radius 2 is 2.05 bits per heavy atom. The normalized spacial score (nSPS) is 17.9. The van der Waals surface area contributed by atoms with Gasteiger partial charge in [0, 0.05) is 12.0 Å². The van der Waals surface area contributed by atoms with Gasteiger partial charge in [-0.3, -0.25) is 4.79 Å². The molecule has 2 rings (SSSR count). The molecule has 0 aliphatic heterocycles. The lowest BCUT2D eigenvalue weighted by atomic mass is 9.86. The molecule has 0 spiro atoms. The highest BCUT2D eigenvalue weighted by molar-refractivity contribution is 6.31. The van der Waals surface area contributed by atoms with E-state index in [1.165, 1.54) is 19.1 Å². The summed E-state index contributed by atoms with van der Waals surface area (Å²) in [6, 6.07) is 3.57. The molecule has 106 valence electrons. The van der Waals surface area contributed by atoms with Gasteiger partial charge in [0.25, 0.3) is 5.92 Å². The Hall–Kier alpha value is -1.75. The topological polar surface area (TPSA) is 43.1 Å². The van der Waals surface area contributed by atoms with E-state index in [0.717, 1.165) is 12.1 Å². The van der Waals surface area contributed by atoms with Crippen molar-refractivity contribution in [3.8, 4) is 0 Å². The maximum Gasteiger partial charge on any atom is 0.273 e. The summed E-state index contributed by atoms with van der Waals surface area (Å²) in [5.74, 6) is -4.55. The lowest BCUT2D eigenvalue weighted by Gasteiger charge is -2.25. The molecule has 20 heavy (non-hydrogen) atoms.